The summed E-state index contributed by atoms with van der Waals surface area (Å²) in [6.07, 6.45) is 3.78. The molecule has 94 valence electrons. The molecule has 3 rings (SSSR count). The number of hydrogen-bond acceptors (Lipinski definition) is 3. The lowest BCUT2D eigenvalue weighted by molar-refractivity contribution is 0.577. The number of benzene rings is 1. The summed E-state index contributed by atoms with van der Waals surface area (Å²) in [5, 5.41) is 4.08. The minimum atomic E-state index is 0.742. The van der Waals surface area contributed by atoms with Crippen molar-refractivity contribution in [1.82, 2.24) is 14.9 Å². The van der Waals surface area contributed by atoms with Crippen molar-refractivity contribution in [3.05, 3.63) is 41.7 Å². The van der Waals surface area contributed by atoms with Gasteiger partial charge in [0.05, 0.1) is 10.7 Å². The summed E-state index contributed by atoms with van der Waals surface area (Å²) in [6, 6.07) is 7.84. The number of anilines is 1. The number of nitrogens with zero attached hydrogens (tertiary/aromatic N) is 3. The fourth-order valence-electron chi connectivity index (χ4n) is 2.23. The summed E-state index contributed by atoms with van der Waals surface area (Å²) < 4.78 is 2.05. The minimum Gasteiger partial charge on any atom is -0.339 e. The Labute approximate surface area is 111 Å². The van der Waals surface area contributed by atoms with Gasteiger partial charge >= 0.3 is 0 Å². The number of rotatable bonds is 2. The molecule has 1 aromatic carbocycles. The van der Waals surface area contributed by atoms with Gasteiger partial charge < -0.3 is 10.2 Å². The first-order valence-corrected chi connectivity index (χ1v) is 6.48. The Kier molecular flexibility index (Phi) is 3.21. The summed E-state index contributed by atoms with van der Waals surface area (Å²) in [5.41, 5.74) is 0.977. The smallest absolute Gasteiger partial charge is 0.210 e. The number of para-hydroxylation sites is 1. The highest BCUT2D eigenvalue weighted by molar-refractivity contribution is 6.32. The van der Waals surface area contributed by atoms with Crippen LogP contribution in [-0.4, -0.2) is 35.7 Å². The zero-order valence-electron chi connectivity index (χ0n) is 10.0. The molecule has 0 amide bonds. The zero-order valence-corrected chi connectivity index (χ0v) is 10.8. The summed E-state index contributed by atoms with van der Waals surface area (Å²) in [7, 11) is 0. The van der Waals surface area contributed by atoms with Crippen LogP contribution in [0.15, 0.2) is 36.7 Å². The fourth-order valence-corrected chi connectivity index (χ4v) is 2.46. The fraction of sp³-hybridized carbons (Fsp3) is 0.308. The molecular weight excluding hydrogens is 248 g/mol. The molecule has 0 aliphatic carbocycles. The Hall–Kier alpha value is -1.52. The molecule has 5 heteroatoms. The van der Waals surface area contributed by atoms with Crippen molar-refractivity contribution >= 4 is 17.5 Å². The van der Waals surface area contributed by atoms with Crippen molar-refractivity contribution in [1.29, 1.82) is 0 Å². The van der Waals surface area contributed by atoms with Crippen LogP contribution in [0.25, 0.3) is 5.69 Å². The molecule has 0 spiro atoms. The Morgan fingerprint density at radius 1 is 1.17 bits per heavy atom. The maximum Gasteiger partial charge on any atom is 0.210 e. The van der Waals surface area contributed by atoms with Crippen LogP contribution in [0.2, 0.25) is 5.02 Å². The third-order valence-electron chi connectivity index (χ3n) is 3.13. The van der Waals surface area contributed by atoms with Gasteiger partial charge in [0.25, 0.3) is 0 Å². The van der Waals surface area contributed by atoms with Gasteiger partial charge in [-0.3, -0.25) is 4.57 Å². The molecule has 4 nitrogen and oxygen atoms in total. The highest BCUT2D eigenvalue weighted by Crippen LogP contribution is 2.24. The molecule has 0 unspecified atom stereocenters. The number of hydrogen-bond donors (Lipinski definition) is 1. The molecule has 1 saturated heterocycles. The second-order valence-corrected chi connectivity index (χ2v) is 4.69. The van der Waals surface area contributed by atoms with E-state index in [1.165, 1.54) is 0 Å². The lowest BCUT2D eigenvalue weighted by atomic mass is 10.3. The van der Waals surface area contributed by atoms with E-state index in [2.05, 4.69) is 15.2 Å². The second-order valence-electron chi connectivity index (χ2n) is 4.29. The predicted molar refractivity (Wildman–Crippen MR) is 73.7 cm³/mol. The summed E-state index contributed by atoms with van der Waals surface area (Å²) in [6.45, 7) is 3.94. The largest absolute Gasteiger partial charge is 0.339 e. The van der Waals surface area contributed by atoms with Crippen molar-refractivity contribution in [2.24, 2.45) is 0 Å². The van der Waals surface area contributed by atoms with Gasteiger partial charge in [0.2, 0.25) is 5.95 Å². The molecule has 1 N–H and O–H groups in total. The van der Waals surface area contributed by atoms with E-state index in [-0.39, 0.29) is 0 Å². The van der Waals surface area contributed by atoms with Crippen LogP contribution in [0.3, 0.4) is 0 Å². The average Bonchev–Trinajstić information content (AvgIpc) is 2.89. The molecule has 0 saturated carbocycles. The van der Waals surface area contributed by atoms with Gasteiger partial charge in [-0.05, 0) is 12.1 Å². The monoisotopic (exact) mass is 262 g/mol. The number of imidazole rings is 1. The maximum atomic E-state index is 6.25. The van der Waals surface area contributed by atoms with Crippen molar-refractivity contribution in [2.75, 3.05) is 31.1 Å². The van der Waals surface area contributed by atoms with E-state index in [4.69, 9.17) is 11.6 Å². The van der Waals surface area contributed by atoms with E-state index in [1.807, 2.05) is 41.2 Å². The van der Waals surface area contributed by atoms with Crippen LogP contribution >= 0.6 is 11.6 Å². The molecule has 2 heterocycles. The van der Waals surface area contributed by atoms with Crippen molar-refractivity contribution < 1.29 is 0 Å². The highest BCUT2D eigenvalue weighted by Gasteiger charge is 2.16. The first-order valence-electron chi connectivity index (χ1n) is 6.10. The van der Waals surface area contributed by atoms with Crippen molar-refractivity contribution in [2.45, 2.75) is 0 Å². The number of halogens is 1. The average molecular weight is 263 g/mol. The van der Waals surface area contributed by atoms with Crippen LogP contribution < -0.4 is 10.2 Å². The Morgan fingerprint density at radius 3 is 2.72 bits per heavy atom. The van der Waals surface area contributed by atoms with E-state index in [1.54, 1.807) is 0 Å². The molecule has 1 aliphatic heterocycles. The van der Waals surface area contributed by atoms with Gasteiger partial charge in [0.1, 0.15) is 0 Å². The molecular formula is C13H15ClN4. The van der Waals surface area contributed by atoms with Crippen LogP contribution in [-0.2, 0) is 0 Å². The van der Waals surface area contributed by atoms with E-state index in [0.717, 1.165) is 42.8 Å². The first kappa shape index (κ1) is 11.6. The second kappa shape index (κ2) is 5.00. The third kappa shape index (κ3) is 2.09. The molecule has 1 fully saturated rings. The van der Waals surface area contributed by atoms with Gasteiger partial charge in [-0.25, -0.2) is 4.98 Å². The van der Waals surface area contributed by atoms with E-state index < -0.39 is 0 Å². The predicted octanol–water partition coefficient (Wildman–Crippen LogP) is 1.94. The minimum absolute atomic E-state index is 0.742. The SMILES string of the molecule is Clc1ccccc1-n1ccnc1N1CCNCC1. The quantitative estimate of drug-likeness (QED) is 0.898. The van der Waals surface area contributed by atoms with Crippen molar-refractivity contribution in [3.8, 4) is 5.69 Å². The van der Waals surface area contributed by atoms with Crippen LogP contribution in [0.1, 0.15) is 0 Å². The number of piperazine rings is 1. The van der Waals surface area contributed by atoms with Gasteiger partial charge in [0.15, 0.2) is 0 Å². The van der Waals surface area contributed by atoms with Gasteiger partial charge in [-0.15, -0.1) is 0 Å². The van der Waals surface area contributed by atoms with Crippen molar-refractivity contribution in [3.63, 3.8) is 0 Å². The lowest BCUT2D eigenvalue weighted by Crippen LogP contribution is -2.44. The molecule has 0 bridgehead atoms. The van der Waals surface area contributed by atoms with Crippen LogP contribution in [0.5, 0.6) is 0 Å². The Bertz CT molecular complexity index is 531. The topological polar surface area (TPSA) is 33.1 Å². The van der Waals surface area contributed by atoms with E-state index in [9.17, 15) is 0 Å². The summed E-state index contributed by atoms with van der Waals surface area (Å²) in [5.74, 6) is 0.963. The van der Waals surface area contributed by atoms with Gasteiger partial charge in [0, 0.05) is 38.6 Å². The summed E-state index contributed by atoms with van der Waals surface area (Å²) >= 11 is 6.25. The highest BCUT2D eigenvalue weighted by atomic mass is 35.5. The van der Waals surface area contributed by atoms with Crippen LogP contribution in [0, 0.1) is 0 Å². The maximum absolute atomic E-state index is 6.25. The first-order chi connectivity index (χ1) is 8.86. The number of aromatic nitrogens is 2. The van der Waals surface area contributed by atoms with Gasteiger partial charge in [-0.2, -0.15) is 0 Å². The Balaban J connectivity index is 1.98. The Morgan fingerprint density at radius 2 is 1.94 bits per heavy atom. The number of nitrogens with one attached hydrogen (secondary N) is 1. The standard InChI is InChI=1S/C13H15ClN4/c14-11-3-1-2-4-12(11)18-10-7-16-13(18)17-8-5-15-6-9-17/h1-4,7,10,15H,5-6,8-9H2. The third-order valence-corrected chi connectivity index (χ3v) is 3.45. The molecule has 2 aromatic rings. The zero-order chi connectivity index (χ0) is 12.4. The normalized spacial score (nSPS) is 15.9. The molecule has 18 heavy (non-hydrogen) atoms. The van der Waals surface area contributed by atoms with E-state index in [0.29, 0.717) is 0 Å². The lowest BCUT2D eigenvalue weighted by Gasteiger charge is -2.28. The molecule has 1 aromatic heterocycles. The van der Waals surface area contributed by atoms with Gasteiger partial charge in [-0.1, -0.05) is 23.7 Å². The van der Waals surface area contributed by atoms with Crippen LogP contribution in [0.4, 0.5) is 5.95 Å². The summed E-state index contributed by atoms with van der Waals surface area (Å²) in [4.78, 5) is 6.74. The van der Waals surface area contributed by atoms with E-state index >= 15 is 0 Å². The molecule has 1 aliphatic rings. The molecule has 0 atom stereocenters. The molecule has 0 radical (unpaired) electrons.